The molecule has 2 aromatic carbocycles. The van der Waals surface area contributed by atoms with Crippen molar-refractivity contribution in [2.45, 2.75) is 19.5 Å². The average Bonchev–Trinajstić information content (AvgIpc) is 2.93. The molecule has 0 aliphatic carbocycles. The van der Waals surface area contributed by atoms with E-state index in [0.29, 0.717) is 6.29 Å². The first-order chi connectivity index (χ1) is 15.8. The van der Waals surface area contributed by atoms with Crippen molar-refractivity contribution >= 4 is 39.9 Å². The molecule has 0 fully saturated rings. The lowest BCUT2D eigenvalue weighted by atomic mass is 9.92. The minimum Gasteiger partial charge on any atom is -0.496 e. The first-order valence-electron chi connectivity index (χ1n) is 10.4. The number of benzene rings is 2. The van der Waals surface area contributed by atoms with Crippen LogP contribution in [-0.4, -0.2) is 50.4 Å². The largest absolute Gasteiger partial charge is 0.496 e. The number of hydrogen-bond donors (Lipinski definition) is 3. The van der Waals surface area contributed by atoms with Gasteiger partial charge in [-0.1, -0.05) is 30.3 Å². The summed E-state index contributed by atoms with van der Waals surface area (Å²) in [4.78, 5) is 34.1. The zero-order valence-electron chi connectivity index (χ0n) is 18.8. The molecular formula is C24H27BrN4O4. The fourth-order valence-corrected chi connectivity index (χ4v) is 4.43. The van der Waals surface area contributed by atoms with Crippen molar-refractivity contribution in [3.05, 3.63) is 69.2 Å². The summed E-state index contributed by atoms with van der Waals surface area (Å²) in [5, 5.41) is 8.41. The minimum absolute atomic E-state index is 0.120. The van der Waals surface area contributed by atoms with Gasteiger partial charge in [0.2, 0.25) is 5.91 Å². The number of likely N-dealkylation sites (N-methyl/N-ethyl adjacent to an activating group) is 1. The van der Waals surface area contributed by atoms with Crippen LogP contribution in [-0.2, 0) is 16.1 Å². The molecule has 2 aromatic rings. The molecule has 0 radical (unpaired) electrons. The van der Waals surface area contributed by atoms with Crippen molar-refractivity contribution in [3.63, 3.8) is 0 Å². The van der Waals surface area contributed by atoms with E-state index in [0.717, 1.165) is 45.7 Å². The summed E-state index contributed by atoms with van der Waals surface area (Å²) in [5.41, 5.74) is 5.42. The van der Waals surface area contributed by atoms with Gasteiger partial charge in [0, 0.05) is 25.6 Å². The second kappa shape index (κ2) is 11.1. The molecule has 1 atom stereocenters. The molecule has 4 rings (SSSR count). The van der Waals surface area contributed by atoms with Crippen LogP contribution in [0.1, 0.15) is 29.7 Å². The van der Waals surface area contributed by atoms with Crippen LogP contribution in [0.5, 0.6) is 5.75 Å². The third kappa shape index (κ3) is 6.00. The van der Waals surface area contributed by atoms with Crippen LogP contribution >= 0.6 is 15.9 Å². The Bertz CT molecular complexity index is 1090. The van der Waals surface area contributed by atoms with E-state index in [1.807, 2.05) is 30.3 Å². The van der Waals surface area contributed by atoms with Crippen LogP contribution in [0, 0.1) is 0 Å². The number of urea groups is 1. The lowest BCUT2D eigenvalue weighted by Crippen LogP contribution is -2.44. The van der Waals surface area contributed by atoms with Crippen molar-refractivity contribution < 1.29 is 19.1 Å². The van der Waals surface area contributed by atoms with E-state index in [1.54, 1.807) is 7.11 Å². The van der Waals surface area contributed by atoms with Gasteiger partial charge >= 0.3 is 6.03 Å². The average molecular weight is 515 g/mol. The molecule has 0 spiro atoms. The predicted octanol–water partition coefficient (Wildman–Crippen LogP) is 2.99. The first-order valence-corrected chi connectivity index (χ1v) is 11.2. The number of hydrogen-bond acceptors (Lipinski definition) is 5. The number of nitrogens with zero attached hydrogens (tertiary/aromatic N) is 1. The number of halogens is 1. The van der Waals surface area contributed by atoms with E-state index in [4.69, 9.17) is 4.74 Å². The highest BCUT2D eigenvalue weighted by atomic mass is 79.9. The number of nitrogens with one attached hydrogen (secondary N) is 3. The highest BCUT2D eigenvalue weighted by Crippen LogP contribution is 2.37. The number of carbonyl (C=O) groups is 3. The summed E-state index contributed by atoms with van der Waals surface area (Å²) in [6, 6.07) is 13.8. The van der Waals surface area contributed by atoms with Gasteiger partial charge in [-0.2, -0.15) is 0 Å². The number of carbonyl (C=O) groups excluding carboxylic acids is 3. The maximum Gasteiger partial charge on any atom is 0.320 e. The Balaban J connectivity index is 0.000000383. The number of aldehydes is 1. The molecule has 2 aliphatic heterocycles. The summed E-state index contributed by atoms with van der Waals surface area (Å²) < 4.78 is 6.20. The van der Waals surface area contributed by atoms with Crippen LogP contribution in [0.15, 0.2) is 52.5 Å². The van der Waals surface area contributed by atoms with Gasteiger partial charge in [0.15, 0.2) is 0 Å². The highest BCUT2D eigenvalue weighted by molar-refractivity contribution is 9.10. The van der Waals surface area contributed by atoms with Gasteiger partial charge in [-0.15, -0.1) is 0 Å². The zero-order chi connectivity index (χ0) is 24.0. The van der Waals surface area contributed by atoms with Crippen LogP contribution in [0.3, 0.4) is 0 Å². The molecule has 0 bridgehead atoms. The monoisotopic (exact) mass is 514 g/mol. The smallest absolute Gasteiger partial charge is 0.320 e. The van der Waals surface area contributed by atoms with Gasteiger partial charge in [0.25, 0.3) is 0 Å². The SMILES string of the molecule is CC(=O)NCC=O.COc1ccc(C2NC(=O)NC3=C2CN(C)Cc2ccccc23)cc1Br. The third-order valence-corrected chi connectivity index (χ3v) is 5.91. The molecule has 1 unspecified atom stereocenters. The van der Waals surface area contributed by atoms with Crippen molar-refractivity contribution in [1.82, 2.24) is 20.9 Å². The fourth-order valence-electron chi connectivity index (χ4n) is 3.87. The Hall–Kier alpha value is -3.17. The van der Waals surface area contributed by atoms with Gasteiger partial charge in [-0.3, -0.25) is 9.69 Å². The molecule has 0 saturated carbocycles. The summed E-state index contributed by atoms with van der Waals surface area (Å²) in [6.45, 7) is 3.10. The number of amides is 3. The molecule has 9 heteroatoms. The summed E-state index contributed by atoms with van der Waals surface area (Å²) >= 11 is 3.55. The fraction of sp³-hybridized carbons (Fsp3) is 0.292. The summed E-state index contributed by atoms with van der Waals surface area (Å²) in [5.74, 6) is 0.596. The van der Waals surface area contributed by atoms with E-state index < -0.39 is 0 Å². The Labute approximate surface area is 201 Å². The van der Waals surface area contributed by atoms with Crippen molar-refractivity contribution in [2.75, 3.05) is 27.2 Å². The predicted molar refractivity (Wildman–Crippen MR) is 130 cm³/mol. The zero-order valence-corrected chi connectivity index (χ0v) is 20.4. The van der Waals surface area contributed by atoms with E-state index in [2.05, 4.69) is 56.0 Å². The molecule has 3 N–H and O–H groups in total. The van der Waals surface area contributed by atoms with E-state index in [1.165, 1.54) is 12.5 Å². The normalized spacial score (nSPS) is 17.2. The standard InChI is InChI=1S/C20H20BrN3O2.C4H7NO2/c1-24-10-13-5-3-4-6-14(13)19-15(11-24)18(22-20(25)23-19)12-7-8-17(26-2)16(21)9-12;1-4(7)5-2-3-6/h3-9,18H,10-11H2,1-2H3,(H2,22,23,25);3H,2H2,1H3,(H,5,7). The van der Waals surface area contributed by atoms with Crippen LogP contribution < -0.4 is 20.7 Å². The molecule has 0 saturated heterocycles. The lowest BCUT2D eigenvalue weighted by molar-refractivity contribution is -0.120. The van der Waals surface area contributed by atoms with Crippen molar-refractivity contribution in [3.8, 4) is 5.75 Å². The molecule has 3 amide bonds. The molecular weight excluding hydrogens is 488 g/mol. The van der Waals surface area contributed by atoms with Crippen LogP contribution in [0.4, 0.5) is 4.79 Å². The minimum atomic E-state index is -0.186. The molecule has 0 aromatic heterocycles. The first kappa shape index (κ1) is 24.5. The number of rotatable bonds is 4. The molecule has 174 valence electrons. The van der Waals surface area contributed by atoms with Gasteiger partial charge in [-0.25, -0.2) is 4.79 Å². The lowest BCUT2D eigenvalue weighted by Gasteiger charge is -2.31. The van der Waals surface area contributed by atoms with Gasteiger partial charge in [0.05, 0.1) is 29.9 Å². The van der Waals surface area contributed by atoms with E-state index in [9.17, 15) is 14.4 Å². The quantitative estimate of drug-likeness (QED) is 0.544. The van der Waals surface area contributed by atoms with E-state index in [-0.39, 0.29) is 24.5 Å². The number of fused-ring (bicyclic) bond motifs is 2. The Morgan fingerprint density at radius 2 is 2.03 bits per heavy atom. The third-order valence-electron chi connectivity index (χ3n) is 5.29. The van der Waals surface area contributed by atoms with Gasteiger partial charge in [-0.05, 0) is 51.8 Å². The molecule has 33 heavy (non-hydrogen) atoms. The highest BCUT2D eigenvalue weighted by Gasteiger charge is 2.32. The van der Waals surface area contributed by atoms with Crippen molar-refractivity contribution in [2.24, 2.45) is 0 Å². The van der Waals surface area contributed by atoms with E-state index >= 15 is 0 Å². The second-order valence-electron chi connectivity index (χ2n) is 7.76. The van der Waals surface area contributed by atoms with Gasteiger partial charge < -0.3 is 25.5 Å². The van der Waals surface area contributed by atoms with Crippen LogP contribution in [0.25, 0.3) is 5.70 Å². The summed E-state index contributed by atoms with van der Waals surface area (Å²) in [6.07, 6.45) is 0.640. The number of methoxy groups -OCH3 is 1. The molecule has 2 aliphatic rings. The maximum absolute atomic E-state index is 12.4. The second-order valence-corrected chi connectivity index (χ2v) is 8.61. The Morgan fingerprint density at radius 3 is 2.67 bits per heavy atom. The maximum atomic E-state index is 12.4. The Kier molecular flexibility index (Phi) is 8.24. The van der Waals surface area contributed by atoms with Crippen molar-refractivity contribution in [1.29, 1.82) is 0 Å². The Morgan fingerprint density at radius 1 is 1.27 bits per heavy atom. The van der Waals surface area contributed by atoms with Crippen LogP contribution in [0.2, 0.25) is 0 Å². The topological polar surface area (TPSA) is 99.8 Å². The molecule has 2 heterocycles. The number of ether oxygens (including phenoxy) is 1. The molecule has 8 nitrogen and oxygen atoms in total. The van der Waals surface area contributed by atoms with Gasteiger partial charge in [0.1, 0.15) is 12.0 Å². The summed E-state index contributed by atoms with van der Waals surface area (Å²) in [7, 11) is 3.74.